The van der Waals surface area contributed by atoms with E-state index < -0.39 is 73.3 Å². The Hall–Kier alpha value is -3.67. The molecule has 12 nitrogen and oxygen atoms in total. The van der Waals surface area contributed by atoms with Crippen molar-refractivity contribution in [2.75, 3.05) is 6.61 Å². The molecule has 6 atom stereocenters. The summed E-state index contributed by atoms with van der Waals surface area (Å²) in [6.45, 7) is 5.11. The molecule has 1 aromatic carbocycles. The normalized spacial score (nSPS) is 22.8. The topological polar surface area (TPSA) is 150 Å². The van der Waals surface area contributed by atoms with Crippen LogP contribution in [0, 0.1) is 0 Å². The van der Waals surface area contributed by atoms with Crippen LogP contribution in [0.2, 0.25) is 0 Å². The van der Waals surface area contributed by atoms with Crippen molar-refractivity contribution in [3.8, 4) is 5.75 Å². The minimum absolute atomic E-state index is 0.345. The second-order valence-corrected chi connectivity index (χ2v) is 7.57. The molecule has 0 bridgehead atoms. The quantitative estimate of drug-likeness (QED) is 0.337. The largest absolute Gasteiger partial charge is 0.462 e. The molecule has 1 heterocycles. The number of ether oxygens (including phenoxy) is 7. The summed E-state index contributed by atoms with van der Waals surface area (Å²) < 4.78 is 38.1. The summed E-state index contributed by atoms with van der Waals surface area (Å²) in [6, 6.07) is 8.39. The number of carbonyl (C=O) groups excluding carboxylic acids is 5. The maximum atomic E-state index is 11.9. The van der Waals surface area contributed by atoms with Gasteiger partial charge in [0, 0.05) is 34.6 Å². The third kappa shape index (κ3) is 8.56. The highest BCUT2D eigenvalue weighted by Gasteiger charge is 2.56. The first kappa shape index (κ1) is 27.6. The molecule has 0 amide bonds. The second-order valence-electron chi connectivity index (χ2n) is 7.57. The minimum Gasteiger partial charge on any atom is -0.462 e. The van der Waals surface area contributed by atoms with Gasteiger partial charge in [-0.3, -0.25) is 24.0 Å². The molecule has 192 valence electrons. The lowest BCUT2D eigenvalue weighted by atomic mass is 10.0. The fourth-order valence-electron chi connectivity index (χ4n) is 3.44. The SMILES string of the molecule is CC(=O)OC[C@H](OC(C)=O)[C@@H](OC(C)=O)[C@H]1O[C@@H](Oc2ccccc2)[C@@H](OC(C)=O)[C@H]1OC(C)=O. The Balaban J connectivity index is 2.50. The summed E-state index contributed by atoms with van der Waals surface area (Å²) in [5.74, 6) is -3.38. The van der Waals surface area contributed by atoms with Gasteiger partial charge >= 0.3 is 29.8 Å². The third-order valence-electron chi connectivity index (χ3n) is 4.57. The maximum Gasteiger partial charge on any atom is 0.303 e. The van der Waals surface area contributed by atoms with E-state index in [2.05, 4.69) is 0 Å². The number of para-hydroxylation sites is 1. The molecule has 0 aromatic heterocycles. The van der Waals surface area contributed by atoms with Gasteiger partial charge in [0.2, 0.25) is 12.4 Å². The standard InChI is InChI=1S/C23H28O12/c1-12(24)29-11-18(30-13(2)25)19(31-14(3)26)20-21(32-15(4)27)22(33-16(5)28)23(35-20)34-17-9-7-6-8-10-17/h6-10,18-23H,11H2,1-5H3/t18-,19+,20+,21-,22-,23+/m0/s1. The summed E-state index contributed by atoms with van der Waals surface area (Å²) in [5.41, 5.74) is 0. The molecule has 35 heavy (non-hydrogen) atoms. The van der Waals surface area contributed by atoms with Crippen LogP contribution in [0.15, 0.2) is 30.3 Å². The highest BCUT2D eigenvalue weighted by atomic mass is 16.7. The van der Waals surface area contributed by atoms with Crippen LogP contribution in [0.5, 0.6) is 5.75 Å². The summed E-state index contributed by atoms with van der Waals surface area (Å²) >= 11 is 0. The van der Waals surface area contributed by atoms with E-state index in [9.17, 15) is 24.0 Å². The number of rotatable bonds is 10. The number of hydrogen-bond donors (Lipinski definition) is 0. The highest BCUT2D eigenvalue weighted by Crippen LogP contribution is 2.33. The Labute approximate surface area is 201 Å². The van der Waals surface area contributed by atoms with Crippen LogP contribution in [-0.2, 0) is 52.4 Å². The lowest BCUT2D eigenvalue weighted by Gasteiger charge is -2.32. The monoisotopic (exact) mass is 496 g/mol. The summed E-state index contributed by atoms with van der Waals surface area (Å²) in [5, 5.41) is 0. The molecule has 1 aromatic rings. The Morgan fingerprint density at radius 3 is 1.86 bits per heavy atom. The molecule has 1 aliphatic rings. The van der Waals surface area contributed by atoms with Gasteiger partial charge in [-0.05, 0) is 12.1 Å². The zero-order chi connectivity index (χ0) is 26.1. The van der Waals surface area contributed by atoms with Crippen LogP contribution >= 0.6 is 0 Å². The van der Waals surface area contributed by atoms with Gasteiger partial charge in [-0.15, -0.1) is 0 Å². The second kappa shape index (κ2) is 12.7. The first-order valence-corrected chi connectivity index (χ1v) is 10.7. The van der Waals surface area contributed by atoms with Crippen LogP contribution in [0.3, 0.4) is 0 Å². The zero-order valence-electron chi connectivity index (χ0n) is 20.0. The lowest BCUT2D eigenvalue weighted by molar-refractivity contribution is -0.198. The Bertz CT molecular complexity index is 914. The van der Waals surface area contributed by atoms with Gasteiger partial charge in [0.05, 0.1) is 0 Å². The molecule has 1 aliphatic heterocycles. The fraction of sp³-hybridized carbons (Fsp3) is 0.522. The first-order chi connectivity index (χ1) is 16.5. The van der Waals surface area contributed by atoms with E-state index in [-0.39, 0.29) is 0 Å². The highest BCUT2D eigenvalue weighted by molar-refractivity contribution is 5.69. The van der Waals surface area contributed by atoms with Gasteiger partial charge in [0.1, 0.15) is 18.5 Å². The molecule has 0 spiro atoms. The molecule has 1 fully saturated rings. The number of hydrogen-bond acceptors (Lipinski definition) is 12. The van der Waals surface area contributed by atoms with Crippen LogP contribution in [-0.4, -0.2) is 73.3 Å². The molecule has 2 rings (SSSR count). The molecule has 0 N–H and O–H groups in total. The van der Waals surface area contributed by atoms with Crippen molar-refractivity contribution in [2.24, 2.45) is 0 Å². The minimum atomic E-state index is -1.44. The number of esters is 5. The average molecular weight is 496 g/mol. The summed E-state index contributed by atoms with van der Waals surface area (Å²) in [6.07, 6.45) is -8.07. The van der Waals surface area contributed by atoms with Gasteiger partial charge in [-0.25, -0.2) is 0 Å². The number of carbonyl (C=O) groups is 5. The van der Waals surface area contributed by atoms with Crippen molar-refractivity contribution in [3.63, 3.8) is 0 Å². The molecule has 0 unspecified atom stereocenters. The van der Waals surface area contributed by atoms with E-state index in [0.717, 1.165) is 34.6 Å². The molecule has 1 saturated heterocycles. The predicted octanol–water partition coefficient (Wildman–Crippen LogP) is 1.08. The Kier molecular flexibility index (Phi) is 10.0. The third-order valence-corrected chi connectivity index (χ3v) is 4.57. The van der Waals surface area contributed by atoms with E-state index in [1.54, 1.807) is 30.3 Å². The van der Waals surface area contributed by atoms with Crippen molar-refractivity contribution in [1.82, 2.24) is 0 Å². The molecular formula is C23H28O12. The van der Waals surface area contributed by atoms with E-state index in [1.165, 1.54) is 0 Å². The zero-order valence-corrected chi connectivity index (χ0v) is 20.0. The van der Waals surface area contributed by atoms with Crippen LogP contribution in [0.1, 0.15) is 34.6 Å². The van der Waals surface area contributed by atoms with E-state index in [4.69, 9.17) is 33.2 Å². The van der Waals surface area contributed by atoms with Gasteiger partial charge in [0.15, 0.2) is 18.3 Å². The fourth-order valence-corrected chi connectivity index (χ4v) is 3.44. The van der Waals surface area contributed by atoms with Crippen LogP contribution < -0.4 is 4.74 Å². The van der Waals surface area contributed by atoms with Gasteiger partial charge < -0.3 is 33.2 Å². The van der Waals surface area contributed by atoms with Crippen molar-refractivity contribution in [2.45, 2.75) is 71.4 Å². The molecule has 12 heteroatoms. The average Bonchev–Trinajstić information content (AvgIpc) is 3.05. The van der Waals surface area contributed by atoms with E-state index in [1.807, 2.05) is 0 Å². The van der Waals surface area contributed by atoms with Crippen molar-refractivity contribution in [3.05, 3.63) is 30.3 Å². The van der Waals surface area contributed by atoms with Gasteiger partial charge in [-0.1, -0.05) is 18.2 Å². The van der Waals surface area contributed by atoms with E-state index in [0.29, 0.717) is 5.75 Å². The molecule has 0 saturated carbocycles. The predicted molar refractivity (Wildman–Crippen MR) is 115 cm³/mol. The van der Waals surface area contributed by atoms with Crippen LogP contribution in [0.25, 0.3) is 0 Å². The molecular weight excluding hydrogens is 468 g/mol. The van der Waals surface area contributed by atoms with Crippen LogP contribution in [0.4, 0.5) is 0 Å². The van der Waals surface area contributed by atoms with Crippen molar-refractivity contribution < 1.29 is 57.1 Å². The Morgan fingerprint density at radius 1 is 0.771 bits per heavy atom. The summed E-state index contributed by atoms with van der Waals surface area (Å²) in [4.78, 5) is 58.9. The Morgan fingerprint density at radius 2 is 1.34 bits per heavy atom. The van der Waals surface area contributed by atoms with Crippen molar-refractivity contribution in [1.29, 1.82) is 0 Å². The van der Waals surface area contributed by atoms with Gasteiger partial charge in [-0.2, -0.15) is 0 Å². The molecule has 0 aliphatic carbocycles. The van der Waals surface area contributed by atoms with Crippen molar-refractivity contribution >= 4 is 29.8 Å². The lowest BCUT2D eigenvalue weighted by Crippen LogP contribution is -2.52. The van der Waals surface area contributed by atoms with Gasteiger partial charge in [0.25, 0.3) is 0 Å². The molecule has 0 radical (unpaired) electrons. The maximum absolute atomic E-state index is 11.9. The summed E-state index contributed by atoms with van der Waals surface area (Å²) in [7, 11) is 0. The smallest absolute Gasteiger partial charge is 0.303 e. The first-order valence-electron chi connectivity index (χ1n) is 10.7. The number of benzene rings is 1. The van der Waals surface area contributed by atoms with E-state index >= 15 is 0 Å².